The predicted molar refractivity (Wildman–Crippen MR) is 107 cm³/mol. The van der Waals surface area contributed by atoms with Crippen LogP contribution >= 0.6 is 0 Å². The standard InChI is InChI=1S/C20H21N3O2S/c1-4-8-17(15-9-6-5-7-10-15)16-11-12-18-19(13-16)23(20(21)22-18)26(24,25)14(2)3/h4-14H,1H2,2-3H3,(H2,21,22)/b17-8-. The van der Waals surface area contributed by atoms with Crippen molar-refractivity contribution >= 4 is 32.6 Å². The number of allylic oxidation sites excluding steroid dienone is 2. The Balaban J connectivity index is 2.27. The Bertz CT molecular complexity index is 1090. The number of benzene rings is 2. The van der Waals surface area contributed by atoms with Crippen LogP contribution in [-0.2, 0) is 10.0 Å². The highest BCUT2D eigenvalue weighted by Crippen LogP contribution is 2.29. The van der Waals surface area contributed by atoms with E-state index in [9.17, 15) is 8.42 Å². The summed E-state index contributed by atoms with van der Waals surface area (Å²) in [6.45, 7) is 7.03. The maximum absolute atomic E-state index is 12.7. The quantitative estimate of drug-likeness (QED) is 0.695. The van der Waals surface area contributed by atoms with Gasteiger partial charge in [-0.1, -0.05) is 55.1 Å². The molecule has 3 rings (SSSR count). The molecule has 1 heterocycles. The third-order valence-electron chi connectivity index (χ3n) is 4.17. The van der Waals surface area contributed by atoms with Crippen molar-refractivity contribution in [3.8, 4) is 0 Å². The van der Waals surface area contributed by atoms with Crippen molar-refractivity contribution in [1.82, 2.24) is 8.96 Å². The van der Waals surface area contributed by atoms with Crippen LogP contribution in [-0.4, -0.2) is 22.6 Å². The minimum atomic E-state index is -3.62. The number of fused-ring (bicyclic) bond motifs is 1. The number of rotatable bonds is 5. The molecule has 6 heteroatoms. The number of hydrogen-bond donors (Lipinski definition) is 1. The number of hydrogen-bond acceptors (Lipinski definition) is 4. The van der Waals surface area contributed by atoms with Gasteiger partial charge < -0.3 is 5.73 Å². The van der Waals surface area contributed by atoms with E-state index in [4.69, 9.17) is 5.73 Å². The number of nitrogens with zero attached hydrogens (tertiary/aromatic N) is 2. The van der Waals surface area contributed by atoms with E-state index in [1.54, 1.807) is 32.1 Å². The Morgan fingerprint density at radius 2 is 1.85 bits per heavy atom. The lowest BCUT2D eigenvalue weighted by atomic mass is 9.97. The molecule has 2 aromatic carbocycles. The number of imidazole rings is 1. The van der Waals surface area contributed by atoms with Gasteiger partial charge in [0.2, 0.25) is 16.0 Å². The molecule has 0 spiro atoms. The first-order valence-corrected chi connectivity index (χ1v) is 9.77. The first kappa shape index (κ1) is 17.9. The normalized spacial score (nSPS) is 12.7. The van der Waals surface area contributed by atoms with Crippen LogP contribution in [0.3, 0.4) is 0 Å². The molecule has 5 nitrogen and oxygen atoms in total. The molecule has 134 valence electrons. The zero-order valence-electron chi connectivity index (χ0n) is 14.8. The summed E-state index contributed by atoms with van der Waals surface area (Å²) in [6.07, 6.45) is 3.61. The van der Waals surface area contributed by atoms with Gasteiger partial charge in [-0.2, -0.15) is 0 Å². The van der Waals surface area contributed by atoms with Gasteiger partial charge in [0.1, 0.15) is 0 Å². The van der Waals surface area contributed by atoms with Crippen LogP contribution in [0.5, 0.6) is 0 Å². The van der Waals surface area contributed by atoms with Gasteiger partial charge in [0.25, 0.3) is 0 Å². The Morgan fingerprint density at radius 1 is 1.15 bits per heavy atom. The lowest BCUT2D eigenvalue weighted by molar-refractivity contribution is 0.580. The Labute approximate surface area is 153 Å². The zero-order chi connectivity index (χ0) is 18.9. The summed E-state index contributed by atoms with van der Waals surface area (Å²) in [5, 5.41) is -0.608. The lowest BCUT2D eigenvalue weighted by Gasteiger charge is -2.12. The van der Waals surface area contributed by atoms with Crippen molar-refractivity contribution in [2.75, 3.05) is 5.73 Å². The van der Waals surface area contributed by atoms with Crippen molar-refractivity contribution in [2.24, 2.45) is 0 Å². The Kier molecular flexibility index (Phi) is 4.70. The second kappa shape index (κ2) is 6.80. The molecule has 0 saturated carbocycles. The molecule has 1 aromatic heterocycles. The van der Waals surface area contributed by atoms with Gasteiger partial charge in [-0.15, -0.1) is 0 Å². The summed E-state index contributed by atoms with van der Waals surface area (Å²) in [7, 11) is -3.62. The fraction of sp³-hybridized carbons (Fsp3) is 0.150. The van der Waals surface area contributed by atoms with E-state index in [0.717, 1.165) is 20.7 Å². The van der Waals surface area contributed by atoms with Crippen molar-refractivity contribution < 1.29 is 8.42 Å². The smallest absolute Gasteiger partial charge is 0.244 e. The second-order valence-corrected chi connectivity index (χ2v) is 8.55. The minimum Gasteiger partial charge on any atom is -0.368 e. The fourth-order valence-corrected chi connectivity index (χ4v) is 3.96. The van der Waals surface area contributed by atoms with Gasteiger partial charge in [-0.3, -0.25) is 0 Å². The highest BCUT2D eigenvalue weighted by Gasteiger charge is 2.24. The van der Waals surface area contributed by atoms with Crippen LogP contribution in [0.25, 0.3) is 16.6 Å². The second-order valence-electron chi connectivity index (χ2n) is 6.21. The van der Waals surface area contributed by atoms with Crippen molar-refractivity contribution in [3.63, 3.8) is 0 Å². The van der Waals surface area contributed by atoms with E-state index < -0.39 is 15.3 Å². The molecule has 0 atom stereocenters. The lowest BCUT2D eigenvalue weighted by Crippen LogP contribution is -2.23. The van der Waals surface area contributed by atoms with Crippen LogP contribution in [0.15, 0.2) is 67.3 Å². The van der Waals surface area contributed by atoms with E-state index in [1.807, 2.05) is 42.5 Å². The van der Waals surface area contributed by atoms with E-state index >= 15 is 0 Å². The molecule has 0 radical (unpaired) electrons. The molecule has 2 N–H and O–H groups in total. The molecule has 0 aliphatic carbocycles. The molecular formula is C20H21N3O2S. The van der Waals surface area contributed by atoms with Crippen LogP contribution in [0.4, 0.5) is 5.95 Å². The SMILES string of the molecule is C=C/C=C(/c1ccccc1)c1ccc2nc(N)n(S(=O)(=O)C(C)C)c2c1. The first-order valence-electron chi connectivity index (χ1n) is 8.27. The van der Waals surface area contributed by atoms with Crippen LogP contribution in [0.2, 0.25) is 0 Å². The highest BCUT2D eigenvalue weighted by atomic mass is 32.2. The van der Waals surface area contributed by atoms with Crippen LogP contribution < -0.4 is 5.73 Å². The summed E-state index contributed by atoms with van der Waals surface area (Å²) in [5.74, 6) is -0.0280. The summed E-state index contributed by atoms with van der Waals surface area (Å²) in [6, 6.07) is 15.3. The summed E-state index contributed by atoms with van der Waals surface area (Å²) < 4.78 is 26.6. The van der Waals surface area contributed by atoms with Gasteiger partial charge in [-0.25, -0.2) is 17.4 Å². The molecule has 0 aliphatic heterocycles. The van der Waals surface area contributed by atoms with E-state index in [0.29, 0.717) is 11.0 Å². The monoisotopic (exact) mass is 367 g/mol. The van der Waals surface area contributed by atoms with Gasteiger partial charge >= 0.3 is 0 Å². The third-order valence-corrected chi connectivity index (χ3v) is 6.25. The average molecular weight is 367 g/mol. The number of nitrogens with two attached hydrogens (primary N) is 1. The molecular weight excluding hydrogens is 346 g/mol. The van der Waals surface area contributed by atoms with Crippen molar-refractivity contribution in [2.45, 2.75) is 19.1 Å². The molecule has 0 amide bonds. The van der Waals surface area contributed by atoms with Gasteiger partial charge in [0.15, 0.2) is 0 Å². The maximum atomic E-state index is 12.7. The Morgan fingerprint density at radius 3 is 2.46 bits per heavy atom. The van der Waals surface area contributed by atoms with E-state index in [2.05, 4.69) is 11.6 Å². The topological polar surface area (TPSA) is 78.0 Å². The van der Waals surface area contributed by atoms with Crippen molar-refractivity contribution in [1.29, 1.82) is 0 Å². The highest BCUT2D eigenvalue weighted by molar-refractivity contribution is 7.90. The number of nitrogen functional groups attached to an aromatic ring is 1. The average Bonchev–Trinajstić information content (AvgIpc) is 2.95. The summed E-state index contributed by atoms with van der Waals surface area (Å²) in [5.41, 5.74) is 9.75. The summed E-state index contributed by atoms with van der Waals surface area (Å²) in [4.78, 5) is 4.20. The molecule has 26 heavy (non-hydrogen) atoms. The predicted octanol–water partition coefficient (Wildman–Crippen LogP) is 3.82. The maximum Gasteiger partial charge on any atom is 0.244 e. The number of aromatic nitrogens is 2. The molecule has 0 aliphatic rings. The van der Waals surface area contributed by atoms with E-state index in [-0.39, 0.29) is 5.95 Å². The van der Waals surface area contributed by atoms with Gasteiger partial charge in [0.05, 0.1) is 16.3 Å². The summed E-state index contributed by atoms with van der Waals surface area (Å²) >= 11 is 0. The van der Waals surface area contributed by atoms with Crippen molar-refractivity contribution in [3.05, 3.63) is 78.4 Å². The molecule has 0 saturated heterocycles. The molecule has 0 bridgehead atoms. The number of anilines is 1. The van der Waals surface area contributed by atoms with Crippen LogP contribution in [0.1, 0.15) is 25.0 Å². The minimum absolute atomic E-state index is 0.0280. The molecule has 0 fully saturated rings. The zero-order valence-corrected chi connectivity index (χ0v) is 15.6. The van der Waals surface area contributed by atoms with Gasteiger partial charge in [0, 0.05) is 0 Å². The molecule has 3 aromatic rings. The Hall–Kier alpha value is -2.86. The van der Waals surface area contributed by atoms with Crippen LogP contribution in [0, 0.1) is 0 Å². The third kappa shape index (κ3) is 3.04. The van der Waals surface area contributed by atoms with E-state index in [1.165, 1.54) is 0 Å². The first-order chi connectivity index (χ1) is 12.4. The largest absolute Gasteiger partial charge is 0.368 e. The molecule has 0 unspecified atom stereocenters. The fourth-order valence-electron chi connectivity index (χ4n) is 2.81. The van der Waals surface area contributed by atoms with Gasteiger partial charge in [-0.05, 0) is 42.7 Å².